The fourth-order valence-electron chi connectivity index (χ4n) is 4.50. The van der Waals surface area contributed by atoms with Crippen LogP contribution >= 0.6 is 0 Å². The van der Waals surface area contributed by atoms with Crippen LogP contribution in [0.3, 0.4) is 0 Å². The van der Waals surface area contributed by atoms with E-state index in [1.165, 1.54) is 25.7 Å². The molecule has 0 radical (unpaired) electrons. The normalized spacial score (nSPS) is 31.7. The molecule has 3 atom stereocenters. The van der Waals surface area contributed by atoms with Crippen LogP contribution in [0.15, 0.2) is 4.99 Å². The van der Waals surface area contributed by atoms with Gasteiger partial charge in [0.25, 0.3) is 0 Å². The molecule has 3 aliphatic rings. The highest BCUT2D eigenvalue weighted by atomic mass is 16.5. The van der Waals surface area contributed by atoms with Crippen LogP contribution < -0.4 is 10.6 Å². The lowest BCUT2D eigenvalue weighted by molar-refractivity contribution is -0.171. The maximum atomic E-state index is 5.98. The Labute approximate surface area is 140 Å². The summed E-state index contributed by atoms with van der Waals surface area (Å²) < 4.78 is 11.6. The molecule has 0 amide bonds. The zero-order valence-electron chi connectivity index (χ0n) is 14.9. The van der Waals surface area contributed by atoms with Crippen molar-refractivity contribution in [2.75, 3.05) is 33.4 Å². The number of nitrogens with zero attached hydrogens (tertiary/aromatic N) is 1. The van der Waals surface area contributed by atoms with E-state index < -0.39 is 0 Å². The molecule has 3 rings (SSSR count). The van der Waals surface area contributed by atoms with Crippen LogP contribution in [0.25, 0.3) is 0 Å². The van der Waals surface area contributed by atoms with Crippen molar-refractivity contribution in [3.63, 3.8) is 0 Å². The third kappa shape index (κ3) is 3.36. The van der Waals surface area contributed by atoms with Crippen LogP contribution in [0.1, 0.15) is 46.0 Å². The Balaban J connectivity index is 1.40. The Kier molecular flexibility index (Phi) is 5.47. The summed E-state index contributed by atoms with van der Waals surface area (Å²) >= 11 is 0. The number of rotatable bonds is 7. The minimum atomic E-state index is 0.402. The Morgan fingerprint density at radius 1 is 1.39 bits per heavy atom. The van der Waals surface area contributed by atoms with E-state index in [4.69, 9.17) is 9.47 Å². The topological polar surface area (TPSA) is 54.9 Å². The minimum absolute atomic E-state index is 0.402. The number of hydrogen-bond acceptors (Lipinski definition) is 3. The van der Waals surface area contributed by atoms with Gasteiger partial charge < -0.3 is 20.1 Å². The third-order valence-corrected chi connectivity index (χ3v) is 5.76. The standard InChI is InChI=1S/C18H33N3O2/c1-13(2)12-22-10-5-9-20-17(19-3)21-15-14-6-11-23-16(14)18(15)7-4-8-18/h13-16H,4-12H2,1-3H3,(H2,19,20,21). The molecule has 0 aromatic rings. The molecule has 5 nitrogen and oxygen atoms in total. The third-order valence-electron chi connectivity index (χ3n) is 5.76. The molecule has 132 valence electrons. The average Bonchev–Trinajstić information content (AvgIpc) is 2.89. The van der Waals surface area contributed by atoms with E-state index in [0.717, 1.165) is 38.7 Å². The zero-order chi connectivity index (χ0) is 16.3. The van der Waals surface area contributed by atoms with Gasteiger partial charge in [0.2, 0.25) is 0 Å². The van der Waals surface area contributed by atoms with E-state index in [-0.39, 0.29) is 0 Å². The van der Waals surface area contributed by atoms with E-state index in [1.807, 2.05) is 7.05 Å². The lowest BCUT2D eigenvalue weighted by Gasteiger charge is -2.63. The Bertz CT molecular complexity index is 420. The summed E-state index contributed by atoms with van der Waals surface area (Å²) in [4.78, 5) is 4.41. The molecule has 1 spiro atoms. The quantitative estimate of drug-likeness (QED) is 0.428. The largest absolute Gasteiger partial charge is 0.381 e. The smallest absolute Gasteiger partial charge is 0.191 e. The van der Waals surface area contributed by atoms with Gasteiger partial charge in [-0.2, -0.15) is 0 Å². The van der Waals surface area contributed by atoms with Gasteiger partial charge in [0, 0.05) is 50.8 Å². The molecule has 3 fully saturated rings. The Morgan fingerprint density at radius 3 is 2.87 bits per heavy atom. The number of aliphatic imine (C=N–C) groups is 1. The number of ether oxygens (including phenoxy) is 2. The van der Waals surface area contributed by atoms with Crippen molar-refractivity contribution in [2.45, 2.75) is 58.1 Å². The fourth-order valence-corrected chi connectivity index (χ4v) is 4.50. The molecule has 2 aliphatic carbocycles. The van der Waals surface area contributed by atoms with Crippen molar-refractivity contribution in [3.05, 3.63) is 0 Å². The summed E-state index contributed by atoms with van der Waals surface area (Å²) in [5, 5.41) is 7.14. The van der Waals surface area contributed by atoms with Gasteiger partial charge in [0.1, 0.15) is 0 Å². The van der Waals surface area contributed by atoms with E-state index in [2.05, 4.69) is 29.5 Å². The minimum Gasteiger partial charge on any atom is -0.381 e. The summed E-state index contributed by atoms with van der Waals surface area (Å²) in [6.07, 6.45) is 6.70. The van der Waals surface area contributed by atoms with Crippen molar-refractivity contribution in [2.24, 2.45) is 22.2 Å². The summed E-state index contributed by atoms with van der Waals surface area (Å²) in [5.74, 6) is 2.23. The maximum Gasteiger partial charge on any atom is 0.191 e. The molecule has 5 heteroatoms. The Morgan fingerprint density at radius 2 is 2.22 bits per heavy atom. The van der Waals surface area contributed by atoms with Crippen LogP contribution in [0.4, 0.5) is 0 Å². The first kappa shape index (κ1) is 17.0. The highest BCUT2D eigenvalue weighted by Gasteiger charge is 2.66. The van der Waals surface area contributed by atoms with Crippen molar-refractivity contribution in [1.29, 1.82) is 0 Å². The lowest BCUT2D eigenvalue weighted by Crippen LogP contribution is -2.72. The van der Waals surface area contributed by atoms with E-state index in [9.17, 15) is 0 Å². The van der Waals surface area contributed by atoms with Gasteiger partial charge in [0.05, 0.1) is 6.10 Å². The molecule has 23 heavy (non-hydrogen) atoms. The number of hydrogen-bond donors (Lipinski definition) is 2. The molecular weight excluding hydrogens is 290 g/mol. The van der Waals surface area contributed by atoms with Gasteiger partial charge in [-0.1, -0.05) is 20.3 Å². The van der Waals surface area contributed by atoms with Gasteiger partial charge in [-0.25, -0.2) is 0 Å². The second-order valence-corrected chi connectivity index (χ2v) is 7.77. The lowest BCUT2D eigenvalue weighted by atomic mass is 9.46. The van der Waals surface area contributed by atoms with Crippen molar-refractivity contribution >= 4 is 5.96 Å². The summed E-state index contributed by atoms with van der Waals surface area (Å²) in [6.45, 7) is 7.86. The monoisotopic (exact) mass is 323 g/mol. The van der Waals surface area contributed by atoms with Crippen LogP contribution in [0.2, 0.25) is 0 Å². The molecule has 0 bridgehead atoms. The summed E-state index contributed by atoms with van der Waals surface area (Å²) in [5.41, 5.74) is 0.402. The fraction of sp³-hybridized carbons (Fsp3) is 0.944. The summed E-state index contributed by atoms with van der Waals surface area (Å²) in [7, 11) is 1.86. The first-order chi connectivity index (χ1) is 11.2. The van der Waals surface area contributed by atoms with Gasteiger partial charge in [0.15, 0.2) is 5.96 Å². The molecule has 3 unspecified atom stereocenters. The van der Waals surface area contributed by atoms with E-state index >= 15 is 0 Å². The zero-order valence-corrected chi connectivity index (χ0v) is 14.9. The molecule has 0 aromatic heterocycles. The van der Waals surface area contributed by atoms with E-state index in [1.54, 1.807) is 0 Å². The van der Waals surface area contributed by atoms with Crippen LogP contribution in [-0.2, 0) is 9.47 Å². The van der Waals surface area contributed by atoms with Crippen LogP contribution in [0, 0.1) is 17.3 Å². The molecule has 2 saturated carbocycles. The molecular formula is C18H33N3O2. The van der Waals surface area contributed by atoms with Crippen molar-refractivity contribution in [3.8, 4) is 0 Å². The molecule has 2 N–H and O–H groups in total. The number of nitrogens with one attached hydrogen (secondary N) is 2. The highest BCUT2D eigenvalue weighted by molar-refractivity contribution is 5.80. The first-order valence-corrected chi connectivity index (χ1v) is 9.34. The maximum absolute atomic E-state index is 5.98. The molecule has 1 heterocycles. The van der Waals surface area contributed by atoms with Gasteiger partial charge in [-0.05, 0) is 31.6 Å². The summed E-state index contributed by atoms with van der Waals surface area (Å²) in [6, 6.07) is 0.548. The van der Waals surface area contributed by atoms with Gasteiger partial charge >= 0.3 is 0 Å². The van der Waals surface area contributed by atoms with Crippen molar-refractivity contribution < 1.29 is 9.47 Å². The van der Waals surface area contributed by atoms with Crippen LogP contribution in [-0.4, -0.2) is 51.5 Å². The van der Waals surface area contributed by atoms with Crippen LogP contribution in [0.5, 0.6) is 0 Å². The molecule has 1 saturated heterocycles. The SMILES string of the molecule is CN=C(NCCCOCC(C)C)NC1C2CCOC2C12CCC2. The van der Waals surface area contributed by atoms with E-state index in [0.29, 0.717) is 29.4 Å². The number of fused-ring (bicyclic) bond motifs is 2. The van der Waals surface area contributed by atoms with Crippen molar-refractivity contribution in [1.82, 2.24) is 10.6 Å². The molecule has 1 aliphatic heterocycles. The second kappa shape index (κ2) is 7.39. The highest BCUT2D eigenvalue weighted by Crippen LogP contribution is 2.62. The molecule has 0 aromatic carbocycles. The number of guanidine groups is 1. The average molecular weight is 323 g/mol. The van der Waals surface area contributed by atoms with Gasteiger partial charge in [-0.15, -0.1) is 0 Å². The Hall–Kier alpha value is -0.810. The predicted octanol–water partition coefficient (Wildman–Crippen LogP) is 2.17. The predicted molar refractivity (Wildman–Crippen MR) is 92.7 cm³/mol. The first-order valence-electron chi connectivity index (χ1n) is 9.34. The van der Waals surface area contributed by atoms with Gasteiger partial charge in [-0.3, -0.25) is 4.99 Å². The second-order valence-electron chi connectivity index (χ2n) is 7.77.